The largest absolute Gasteiger partial charge is 0.360 e. The third kappa shape index (κ3) is 3.09. The molecule has 0 spiro atoms. The molecule has 1 aliphatic heterocycles. The van der Waals surface area contributed by atoms with Crippen LogP contribution < -0.4 is 5.56 Å². The molecule has 116 valence electrons. The van der Waals surface area contributed by atoms with E-state index in [4.69, 9.17) is 4.52 Å². The predicted octanol–water partition coefficient (Wildman–Crippen LogP) is 0.629. The van der Waals surface area contributed by atoms with E-state index in [2.05, 4.69) is 15.0 Å². The summed E-state index contributed by atoms with van der Waals surface area (Å²) in [6.07, 6.45) is 1.52. The van der Waals surface area contributed by atoms with Gasteiger partial charge in [0.2, 0.25) is 0 Å². The zero-order valence-electron chi connectivity index (χ0n) is 12.4. The molecule has 1 amide bonds. The number of nitrogens with zero attached hydrogens (tertiary/aromatic N) is 3. The van der Waals surface area contributed by atoms with Crippen LogP contribution in [-0.4, -0.2) is 52.0 Å². The number of pyridine rings is 1. The number of carbonyl (C=O) groups excluding carboxylic acids is 1. The van der Waals surface area contributed by atoms with Gasteiger partial charge in [0.1, 0.15) is 5.56 Å². The molecule has 0 radical (unpaired) electrons. The van der Waals surface area contributed by atoms with Gasteiger partial charge in [0.05, 0.1) is 12.2 Å². The summed E-state index contributed by atoms with van der Waals surface area (Å²) in [5.74, 6) is 0.619. The summed E-state index contributed by atoms with van der Waals surface area (Å²) in [5.41, 5.74) is 0.723. The van der Waals surface area contributed by atoms with Gasteiger partial charge >= 0.3 is 0 Å². The van der Waals surface area contributed by atoms with Crippen molar-refractivity contribution >= 4 is 5.91 Å². The molecule has 0 aliphatic carbocycles. The van der Waals surface area contributed by atoms with Crippen molar-refractivity contribution in [3.63, 3.8) is 0 Å². The monoisotopic (exact) mass is 302 g/mol. The molecule has 0 unspecified atom stereocenters. The second-order valence-corrected chi connectivity index (χ2v) is 5.42. The molecule has 1 aliphatic rings. The van der Waals surface area contributed by atoms with Gasteiger partial charge in [0.25, 0.3) is 11.5 Å². The molecule has 3 rings (SSSR count). The molecule has 0 aromatic carbocycles. The van der Waals surface area contributed by atoms with Crippen molar-refractivity contribution in [1.82, 2.24) is 19.9 Å². The third-order valence-electron chi connectivity index (χ3n) is 3.76. The van der Waals surface area contributed by atoms with Gasteiger partial charge in [-0.15, -0.1) is 0 Å². The van der Waals surface area contributed by atoms with Gasteiger partial charge in [0.15, 0.2) is 5.76 Å². The van der Waals surface area contributed by atoms with Crippen molar-refractivity contribution in [2.24, 2.45) is 0 Å². The SMILES string of the molecule is Cc1cc(CN2CCN(C(=O)c3ccc[nH]c3=O)CC2)on1. The van der Waals surface area contributed by atoms with E-state index >= 15 is 0 Å². The highest BCUT2D eigenvalue weighted by Crippen LogP contribution is 2.11. The van der Waals surface area contributed by atoms with Crippen molar-refractivity contribution in [1.29, 1.82) is 0 Å². The summed E-state index contributed by atoms with van der Waals surface area (Å²) >= 11 is 0. The second-order valence-electron chi connectivity index (χ2n) is 5.42. The average Bonchev–Trinajstić information content (AvgIpc) is 2.93. The Bertz CT molecular complexity index is 713. The van der Waals surface area contributed by atoms with Crippen LogP contribution in [0.5, 0.6) is 0 Å². The van der Waals surface area contributed by atoms with Crippen molar-refractivity contribution in [3.05, 3.63) is 51.8 Å². The van der Waals surface area contributed by atoms with Gasteiger partial charge in [-0.25, -0.2) is 0 Å². The number of hydrogen-bond acceptors (Lipinski definition) is 5. The number of aromatic nitrogens is 2. The molecule has 22 heavy (non-hydrogen) atoms. The smallest absolute Gasteiger partial charge is 0.260 e. The van der Waals surface area contributed by atoms with Crippen molar-refractivity contribution in [2.45, 2.75) is 13.5 Å². The third-order valence-corrected chi connectivity index (χ3v) is 3.76. The van der Waals surface area contributed by atoms with E-state index in [1.807, 2.05) is 13.0 Å². The fraction of sp³-hybridized carbons (Fsp3) is 0.400. The number of aryl methyl sites for hydroxylation is 1. The topological polar surface area (TPSA) is 82.4 Å². The first-order chi connectivity index (χ1) is 10.6. The molecule has 2 aromatic rings. The summed E-state index contributed by atoms with van der Waals surface area (Å²) in [7, 11) is 0. The zero-order valence-corrected chi connectivity index (χ0v) is 12.4. The molecule has 1 fully saturated rings. The molecule has 0 bridgehead atoms. The first kappa shape index (κ1) is 14.5. The van der Waals surface area contributed by atoms with E-state index in [1.165, 1.54) is 6.20 Å². The number of rotatable bonds is 3. The van der Waals surface area contributed by atoms with Crippen molar-refractivity contribution < 1.29 is 9.32 Å². The lowest BCUT2D eigenvalue weighted by atomic mass is 10.2. The van der Waals surface area contributed by atoms with E-state index < -0.39 is 0 Å². The Hall–Kier alpha value is -2.41. The Morgan fingerprint density at radius 3 is 2.77 bits per heavy atom. The summed E-state index contributed by atoms with van der Waals surface area (Å²) < 4.78 is 5.21. The van der Waals surface area contributed by atoms with Crippen LogP contribution in [-0.2, 0) is 6.54 Å². The number of carbonyl (C=O) groups is 1. The van der Waals surface area contributed by atoms with Crippen LogP contribution in [0.15, 0.2) is 33.7 Å². The Labute approximate surface area is 127 Å². The molecular weight excluding hydrogens is 284 g/mol. The van der Waals surface area contributed by atoms with Crippen LogP contribution in [0, 0.1) is 6.92 Å². The molecule has 0 saturated carbocycles. The highest BCUT2D eigenvalue weighted by atomic mass is 16.5. The minimum atomic E-state index is -0.341. The van der Waals surface area contributed by atoms with E-state index in [-0.39, 0.29) is 17.0 Å². The van der Waals surface area contributed by atoms with Gasteiger partial charge in [-0.1, -0.05) is 5.16 Å². The standard InChI is InChI=1S/C15H18N4O3/c1-11-9-12(22-17-11)10-18-5-7-19(8-6-18)15(21)13-3-2-4-16-14(13)20/h2-4,9H,5-8,10H2,1H3,(H,16,20). The lowest BCUT2D eigenvalue weighted by Gasteiger charge is -2.34. The molecule has 7 nitrogen and oxygen atoms in total. The highest BCUT2D eigenvalue weighted by Gasteiger charge is 2.24. The Morgan fingerprint density at radius 1 is 1.36 bits per heavy atom. The number of nitrogens with one attached hydrogen (secondary N) is 1. The number of hydrogen-bond donors (Lipinski definition) is 1. The molecule has 2 aromatic heterocycles. The Kier molecular flexibility index (Phi) is 4.06. The van der Waals surface area contributed by atoms with Crippen LogP contribution in [0.4, 0.5) is 0 Å². The second kappa shape index (κ2) is 6.15. The van der Waals surface area contributed by atoms with E-state index in [0.29, 0.717) is 19.6 Å². The number of piperazine rings is 1. The molecule has 0 atom stereocenters. The molecule has 7 heteroatoms. The van der Waals surface area contributed by atoms with E-state index in [0.717, 1.165) is 24.5 Å². The fourth-order valence-corrected chi connectivity index (χ4v) is 2.58. The van der Waals surface area contributed by atoms with Crippen molar-refractivity contribution in [3.8, 4) is 0 Å². The Morgan fingerprint density at radius 2 is 2.14 bits per heavy atom. The summed E-state index contributed by atoms with van der Waals surface area (Å²) in [5, 5.41) is 3.87. The summed E-state index contributed by atoms with van der Waals surface area (Å²) in [6.45, 7) is 5.27. The minimum absolute atomic E-state index is 0.196. The highest BCUT2D eigenvalue weighted by molar-refractivity contribution is 5.93. The van der Waals surface area contributed by atoms with Crippen LogP contribution in [0.2, 0.25) is 0 Å². The van der Waals surface area contributed by atoms with Crippen molar-refractivity contribution in [2.75, 3.05) is 26.2 Å². The lowest BCUT2D eigenvalue weighted by Crippen LogP contribution is -2.49. The van der Waals surface area contributed by atoms with Crippen LogP contribution in [0.25, 0.3) is 0 Å². The van der Waals surface area contributed by atoms with Crippen LogP contribution in [0.1, 0.15) is 21.8 Å². The van der Waals surface area contributed by atoms with Gasteiger partial charge in [-0.3, -0.25) is 14.5 Å². The normalized spacial score (nSPS) is 16.0. The number of aromatic amines is 1. The van der Waals surface area contributed by atoms with E-state index in [9.17, 15) is 9.59 Å². The first-order valence-corrected chi connectivity index (χ1v) is 7.25. The molecule has 3 heterocycles. The summed E-state index contributed by atoms with van der Waals surface area (Å²) in [6, 6.07) is 5.14. The Balaban J connectivity index is 1.58. The van der Waals surface area contributed by atoms with Crippen LogP contribution in [0.3, 0.4) is 0 Å². The van der Waals surface area contributed by atoms with E-state index in [1.54, 1.807) is 17.0 Å². The molecule has 1 saturated heterocycles. The fourth-order valence-electron chi connectivity index (χ4n) is 2.58. The van der Waals surface area contributed by atoms with Crippen LogP contribution >= 0.6 is 0 Å². The quantitative estimate of drug-likeness (QED) is 0.899. The van der Waals surface area contributed by atoms with Gasteiger partial charge in [0, 0.05) is 38.4 Å². The maximum Gasteiger partial charge on any atom is 0.260 e. The predicted molar refractivity (Wildman–Crippen MR) is 79.5 cm³/mol. The van der Waals surface area contributed by atoms with Gasteiger partial charge in [-0.05, 0) is 19.1 Å². The minimum Gasteiger partial charge on any atom is -0.360 e. The number of H-pyrrole nitrogens is 1. The zero-order chi connectivity index (χ0) is 15.5. The lowest BCUT2D eigenvalue weighted by molar-refractivity contribution is 0.0615. The maximum atomic E-state index is 12.3. The molecular formula is C15H18N4O3. The number of amides is 1. The molecule has 1 N–H and O–H groups in total. The van der Waals surface area contributed by atoms with Gasteiger partial charge in [-0.2, -0.15) is 0 Å². The maximum absolute atomic E-state index is 12.3. The first-order valence-electron chi connectivity index (χ1n) is 7.25. The summed E-state index contributed by atoms with van der Waals surface area (Å²) in [4.78, 5) is 30.5. The average molecular weight is 302 g/mol. The van der Waals surface area contributed by atoms with Gasteiger partial charge < -0.3 is 14.4 Å².